The van der Waals surface area contributed by atoms with Gasteiger partial charge in [0.1, 0.15) is 5.78 Å². The van der Waals surface area contributed by atoms with Crippen molar-refractivity contribution in [2.45, 2.75) is 31.1 Å². The van der Waals surface area contributed by atoms with Crippen LogP contribution in [-0.4, -0.2) is 40.1 Å². The Morgan fingerprint density at radius 2 is 1.84 bits per heavy atom. The van der Waals surface area contributed by atoms with Crippen molar-refractivity contribution in [3.63, 3.8) is 0 Å². The van der Waals surface area contributed by atoms with E-state index in [-0.39, 0.29) is 10.4 Å². The monoisotopic (exact) mass is 380 g/mol. The summed E-state index contributed by atoms with van der Waals surface area (Å²) in [6.07, 6.45) is 0.00240. The number of thioether (sulfide) groups is 2. The molecule has 0 aromatic heterocycles. The molecule has 7 heteroatoms. The summed E-state index contributed by atoms with van der Waals surface area (Å²) in [5.74, 6) is -0.0928. The van der Waals surface area contributed by atoms with Gasteiger partial charge in [-0.1, -0.05) is 25.1 Å². The fraction of sp³-hybridized carbons (Fsp3) is 0.500. The molecule has 2 saturated heterocycles. The third-order valence-electron chi connectivity index (χ3n) is 4.70. The van der Waals surface area contributed by atoms with Gasteiger partial charge >= 0.3 is 11.9 Å². The maximum Gasteiger partial charge on any atom is 0.341 e. The van der Waals surface area contributed by atoms with E-state index in [0.29, 0.717) is 5.56 Å². The molecule has 2 fully saturated rings. The topological polar surface area (TPSA) is 69.7 Å². The lowest BCUT2D eigenvalue weighted by Gasteiger charge is -2.36. The first kappa shape index (κ1) is 18.3. The van der Waals surface area contributed by atoms with E-state index in [4.69, 9.17) is 9.47 Å². The number of cyclic esters (lactones) is 1. The van der Waals surface area contributed by atoms with Crippen LogP contribution in [0.1, 0.15) is 30.6 Å². The SMILES string of the molecule is CC(=O)[C@@]1(C2SCCCS2)C(=O)O[C@@H](OC(=O)c2ccccc2)[C@H]1C. The fourth-order valence-corrected chi connectivity index (χ4v) is 6.95. The molecule has 25 heavy (non-hydrogen) atoms. The van der Waals surface area contributed by atoms with Gasteiger partial charge in [-0.3, -0.25) is 9.59 Å². The van der Waals surface area contributed by atoms with Crippen LogP contribution in [0, 0.1) is 11.3 Å². The third-order valence-corrected chi connectivity index (χ3v) is 7.92. The molecule has 5 nitrogen and oxygen atoms in total. The predicted octanol–water partition coefficient (Wildman–Crippen LogP) is 3.13. The van der Waals surface area contributed by atoms with Gasteiger partial charge in [0.05, 0.1) is 16.1 Å². The average Bonchev–Trinajstić information content (AvgIpc) is 2.87. The van der Waals surface area contributed by atoms with E-state index in [2.05, 4.69) is 0 Å². The number of carbonyl (C=O) groups excluding carboxylic acids is 3. The number of benzene rings is 1. The summed E-state index contributed by atoms with van der Waals surface area (Å²) in [6.45, 7) is 3.18. The van der Waals surface area contributed by atoms with Gasteiger partial charge in [-0.05, 0) is 37.0 Å². The van der Waals surface area contributed by atoms with E-state index in [0.717, 1.165) is 17.9 Å². The Hall–Kier alpha value is -1.47. The van der Waals surface area contributed by atoms with Crippen LogP contribution < -0.4 is 0 Å². The summed E-state index contributed by atoms with van der Waals surface area (Å²) in [6, 6.07) is 8.53. The highest BCUT2D eigenvalue weighted by molar-refractivity contribution is 8.17. The molecule has 2 aliphatic rings. The smallest absolute Gasteiger partial charge is 0.341 e. The van der Waals surface area contributed by atoms with Gasteiger partial charge in [-0.25, -0.2) is 4.79 Å². The summed E-state index contributed by atoms with van der Waals surface area (Å²) < 4.78 is 10.6. The Labute approximate surface area is 155 Å². The van der Waals surface area contributed by atoms with Crippen LogP contribution in [0.15, 0.2) is 30.3 Å². The van der Waals surface area contributed by atoms with Gasteiger partial charge < -0.3 is 9.47 Å². The molecule has 0 unspecified atom stereocenters. The van der Waals surface area contributed by atoms with Crippen LogP contribution >= 0.6 is 23.5 Å². The number of ketones is 1. The molecular weight excluding hydrogens is 360 g/mol. The minimum atomic E-state index is -1.27. The van der Waals surface area contributed by atoms with Gasteiger partial charge in [0.15, 0.2) is 5.41 Å². The Morgan fingerprint density at radius 3 is 2.44 bits per heavy atom. The molecule has 2 aliphatic heterocycles. The molecule has 2 heterocycles. The van der Waals surface area contributed by atoms with Crippen molar-refractivity contribution in [3.05, 3.63) is 35.9 Å². The number of rotatable bonds is 4. The van der Waals surface area contributed by atoms with Gasteiger partial charge in [-0.15, -0.1) is 23.5 Å². The van der Waals surface area contributed by atoms with Crippen molar-refractivity contribution in [2.75, 3.05) is 11.5 Å². The van der Waals surface area contributed by atoms with Crippen molar-refractivity contribution < 1.29 is 23.9 Å². The summed E-state index contributed by atoms with van der Waals surface area (Å²) in [4.78, 5) is 37.5. The van der Waals surface area contributed by atoms with E-state index >= 15 is 0 Å². The van der Waals surface area contributed by atoms with E-state index in [1.165, 1.54) is 6.92 Å². The molecule has 0 bridgehead atoms. The normalized spacial score (nSPS) is 29.9. The quantitative estimate of drug-likeness (QED) is 0.587. The standard InChI is InChI=1S/C18H20O5S2/c1-11-15(22-14(20)13-7-4-3-5-8-13)23-16(21)18(11,12(2)19)17-24-9-6-10-25-17/h3-5,7-8,11,15,17H,6,9-10H2,1-2H3/t11-,15-,18-/m1/s1. The maximum atomic E-state index is 12.7. The van der Waals surface area contributed by atoms with Crippen LogP contribution in [-0.2, 0) is 19.1 Å². The van der Waals surface area contributed by atoms with Gasteiger partial charge in [-0.2, -0.15) is 0 Å². The highest BCUT2D eigenvalue weighted by atomic mass is 32.2. The zero-order valence-electron chi connectivity index (χ0n) is 14.1. The number of ether oxygens (including phenoxy) is 2. The highest BCUT2D eigenvalue weighted by Crippen LogP contribution is 2.53. The largest absolute Gasteiger partial charge is 0.424 e. The number of carbonyl (C=O) groups is 3. The fourth-order valence-electron chi connectivity index (χ4n) is 3.27. The summed E-state index contributed by atoms with van der Waals surface area (Å²) in [5.41, 5.74) is -0.885. The van der Waals surface area contributed by atoms with Gasteiger partial charge in [0, 0.05) is 0 Å². The minimum Gasteiger partial charge on any atom is -0.424 e. The molecule has 1 aromatic rings. The van der Waals surface area contributed by atoms with Crippen molar-refractivity contribution >= 4 is 41.2 Å². The number of hydrogen-bond acceptors (Lipinski definition) is 7. The van der Waals surface area contributed by atoms with Gasteiger partial charge in [0.2, 0.25) is 0 Å². The first-order valence-electron chi connectivity index (χ1n) is 8.19. The second-order valence-electron chi connectivity index (χ2n) is 6.19. The molecule has 0 aliphatic carbocycles. The lowest BCUT2D eigenvalue weighted by Crippen LogP contribution is -2.48. The van der Waals surface area contributed by atoms with Crippen molar-refractivity contribution in [2.24, 2.45) is 11.3 Å². The van der Waals surface area contributed by atoms with Crippen LogP contribution in [0.5, 0.6) is 0 Å². The molecule has 0 N–H and O–H groups in total. The van der Waals surface area contributed by atoms with Crippen molar-refractivity contribution in [1.82, 2.24) is 0 Å². The molecule has 0 saturated carbocycles. The van der Waals surface area contributed by atoms with Crippen LogP contribution in [0.25, 0.3) is 0 Å². The Balaban J connectivity index is 1.83. The van der Waals surface area contributed by atoms with Crippen LogP contribution in [0.4, 0.5) is 0 Å². The molecule has 3 rings (SSSR count). The maximum absolute atomic E-state index is 12.7. The first-order chi connectivity index (χ1) is 12.0. The molecule has 0 radical (unpaired) electrons. The van der Waals surface area contributed by atoms with Crippen molar-refractivity contribution in [3.8, 4) is 0 Å². The minimum absolute atomic E-state index is 0.207. The van der Waals surface area contributed by atoms with Crippen LogP contribution in [0.2, 0.25) is 0 Å². The van der Waals surface area contributed by atoms with Gasteiger partial charge in [0.25, 0.3) is 6.29 Å². The summed E-state index contributed by atoms with van der Waals surface area (Å²) in [7, 11) is 0. The summed E-state index contributed by atoms with van der Waals surface area (Å²) >= 11 is 3.23. The summed E-state index contributed by atoms with van der Waals surface area (Å²) in [5, 5.41) is 0. The molecule has 0 amide bonds. The van der Waals surface area contributed by atoms with E-state index < -0.39 is 29.6 Å². The van der Waals surface area contributed by atoms with Crippen LogP contribution in [0.3, 0.4) is 0 Å². The zero-order chi connectivity index (χ0) is 18.0. The Morgan fingerprint density at radius 1 is 1.20 bits per heavy atom. The average molecular weight is 380 g/mol. The third kappa shape index (κ3) is 3.19. The van der Waals surface area contributed by atoms with Crippen molar-refractivity contribution in [1.29, 1.82) is 0 Å². The number of esters is 2. The first-order valence-corrected chi connectivity index (χ1v) is 10.3. The second kappa shape index (κ2) is 7.41. The lowest BCUT2D eigenvalue weighted by atomic mass is 9.76. The second-order valence-corrected chi connectivity index (χ2v) is 8.91. The molecular formula is C18H20O5S2. The zero-order valence-corrected chi connectivity index (χ0v) is 15.7. The van der Waals surface area contributed by atoms with E-state index in [1.807, 2.05) is 0 Å². The lowest BCUT2D eigenvalue weighted by molar-refractivity contribution is -0.160. The molecule has 3 atom stereocenters. The molecule has 134 valence electrons. The highest BCUT2D eigenvalue weighted by Gasteiger charge is 2.64. The number of Topliss-reactive ketones (excluding diaryl/α,β-unsaturated/α-hetero) is 1. The Kier molecular flexibility index (Phi) is 5.43. The number of hydrogen-bond donors (Lipinski definition) is 0. The van der Waals surface area contributed by atoms with E-state index in [1.54, 1.807) is 60.8 Å². The molecule has 1 aromatic carbocycles. The predicted molar refractivity (Wildman–Crippen MR) is 97.3 cm³/mol. The Bertz CT molecular complexity index is 671. The van der Waals surface area contributed by atoms with E-state index in [9.17, 15) is 14.4 Å². The molecule has 0 spiro atoms.